The number of aryl methyl sites for hydroxylation is 1. The maximum absolute atomic E-state index is 6.26. The zero-order valence-electron chi connectivity index (χ0n) is 25.9. The molecule has 0 aliphatic heterocycles. The Hall–Kier alpha value is -5.87. The molecule has 3 aromatic heterocycles. The van der Waals surface area contributed by atoms with Crippen LogP contribution in [-0.2, 0) is 12.8 Å². The highest BCUT2D eigenvalue weighted by Gasteiger charge is 2.27. The van der Waals surface area contributed by atoms with Gasteiger partial charge in [0.05, 0.1) is 28.1 Å². The van der Waals surface area contributed by atoms with Crippen LogP contribution in [0.25, 0.3) is 77.6 Å². The van der Waals surface area contributed by atoms with Gasteiger partial charge in [0, 0.05) is 38.4 Å². The minimum Gasteiger partial charge on any atom is -0.456 e. The fraction of sp³-hybridized carbons (Fsp3) is 0.0930. The van der Waals surface area contributed by atoms with E-state index in [0.29, 0.717) is 0 Å². The first-order chi connectivity index (χ1) is 23.3. The lowest BCUT2D eigenvalue weighted by molar-refractivity contribution is 0.656. The minimum absolute atomic E-state index is 0.903. The third kappa shape index (κ3) is 3.98. The Labute approximate surface area is 272 Å². The number of para-hydroxylation sites is 4. The van der Waals surface area contributed by atoms with Crippen molar-refractivity contribution in [2.24, 2.45) is 0 Å². The van der Waals surface area contributed by atoms with E-state index in [2.05, 4.69) is 137 Å². The van der Waals surface area contributed by atoms with E-state index in [1.54, 1.807) is 0 Å². The second kappa shape index (κ2) is 10.3. The van der Waals surface area contributed by atoms with Crippen LogP contribution in [0.15, 0.2) is 144 Å². The van der Waals surface area contributed by atoms with Gasteiger partial charge in [0.15, 0.2) is 0 Å². The number of hydrogen-bond donors (Lipinski definition) is 0. The lowest BCUT2D eigenvalue weighted by atomic mass is 9.97. The van der Waals surface area contributed by atoms with Crippen LogP contribution >= 0.6 is 0 Å². The van der Waals surface area contributed by atoms with Gasteiger partial charge in [0.2, 0.25) is 0 Å². The maximum Gasteiger partial charge on any atom is 0.145 e. The first-order valence-corrected chi connectivity index (χ1v) is 16.5. The van der Waals surface area contributed by atoms with Crippen molar-refractivity contribution >= 4 is 43.7 Å². The molecule has 0 spiro atoms. The molecule has 0 N–H and O–H groups in total. The molecule has 0 amide bonds. The highest BCUT2D eigenvalue weighted by molar-refractivity contribution is 6.10. The molecule has 0 radical (unpaired) electrons. The molecule has 0 saturated carbocycles. The summed E-state index contributed by atoms with van der Waals surface area (Å²) in [6, 6.07) is 50.0. The summed E-state index contributed by atoms with van der Waals surface area (Å²) in [5.41, 5.74) is 12.5. The Morgan fingerprint density at radius 1 is 0.511 bits per heavy atom. The Morgan fingerprint density at radius 2 is 1.19 bits per heavy atom. The predicted molar refractivity (Wildman–Crippen MR) is 193 cm³/mol. The molecule has 4 heteroatoms. The van der Waals surface area contributed by atoms with E-state index in [1.807, 2.05) is 12.1 Å². The van der Waals surface area contributed by atoms with Gasteiger partial charge in [-0.3, -0.25) is 4.57 Å². The van der Waals surface area contributed by atoms with Gasteiger partial charge in [-0.05, 0) is 67.6 Å². The van der Waals surface area contributed by atoms with Gasteiger partial charge in [0.25, 0.3) is 0 Å². The van der Waals surface area contributed by atoms with Crippen molar-refractivity contribution in [3.05, 3.63) is 151 Å². The van der Waals surface area contributed by atoms with Crippen LogP contribution in [0.5, 0.6) is 0 Å². The number of furan rings is 1. The van der Waals surface area contributed by atoms with Crippen LogP contribution in [0.4, 0.5) is 0 Å². The second-order valence-corrected chi connectivity index (χ2v) is 12.6. The number of nitrogens with zero attached hydrogens (tertiary/aromatic N) is 3. The van der Waals surface area contributed by atoms with Gasteiger partial charge in [-0.1, -0.05) is 103 Å². The summed E-state index contributed by atoms with van der Waals surface area (Å²) in [4.78, 5) is 5.40. The molecular formula is C43H31N3O. The van der Waals surface area contributed by atoms with Crippen molar-refractivity contribution in [2.75, 3.05) is 0 Å². The van der Waals surface area contributed by atoms with Crippen molar-refractivity contribution in [3.8, 4) is 33.9 Å². The Kier molecular flexibility index (Phi) is 5.79. The highest BCUT2D eigenvalue weighted by atomic mass is 16.3. The average Bonchev–Trinajstić information content (AvgIpc) is 3.81. The van der Waals surface area contributed by atoms with E-state index >= 15 is 0 Å². The van der Waals surface area contributed by atoms with E-state index in [4.69, 9.17) is 9.40 Å². The highest BCUT2D eigenvalue weighted by Crippen LogP contribution is 2.43. The average molecular weight is 606 g/mol. The minimum atomic E-state index is 0.903. The smallest absolute Gasteiger partial charge is 0.145 e. The molecule has 1 aliphatic carbocycles. The van der Waals surface area contributed by atoms with Gasteiger partial charge in [-0.2, -0.15) is 0 Å². The summed E-state index contributed by atoms with van der Waals surface area (Å²) < 4.78 is 11.2. The lowest BCUT2D eigenvalue weighted by Crippen LogP contribution is -2.12. The van der Waals surface area contributed by atoms with Gasteiger partial charge in [-0.25, -0.2) is 4.98 Å². The quantitative estimate of drug-likeness (QED) is 0.200. The van der Waals surface area contributed by atoms with Crippen LogP contribution in [0, 0.1) is 0 Å². The van der Waals surface area contributed by atoms with Gasteiger partial charge >= 0.3 is 0 Å². The molecule has 3 heterocycles. The Morgan fingerprint density at radius 3 is 2.00 bits per heavy atom. The summed E-state index contributed by atoms with van der Waals surface area (Å²) in [6.07, 6.45) is 4.33. The van der Waals surface area contributed by atoms with Crippen molar-refractivity contribution in [1.82, 2.24) is 14.1 Å². The lowest BCUT2D eigenvalue weighted by Gasteiger charge is -2.23. The van der Waals surface area contributed by atoms with E-state index in [0.717, 1.165) is 69.5 Å². The molecule has 0 fully saturated rings. The second-order valence-electron chi connectivity index (χ2n) is 12.6. The number of rotatable bonds is 4. The van der Waals surface area contributed by atoms with Gasteiger partial charge in [0.1, 0.15) is 17.0 Å². The van der Waals surface area contributed by atoms with Crippen molar-refractivity contribution < 1.29 is 4.42 Å². The summed E-state index contributed by atoms with van der Waals surface area (Å²) >= 11 is 0. The van der Waals surface area contributed by atoms with Crippen LogP contribution in [-0.4, -0.2) is 14.1 Å². The normalized spacial score (nSPS) is 13.2. The maximum atomic E-state index is 6.26. The molecular weight excluding hydrogens is 574 g/mol. The number of benzene rings is 6. The van der Waals surface area contributed by atoms with Gasteiger partial charge in [-0.15, -0.1) is 0 Å². The zero-order valence-corrected chi connectivity index (χ0v) is 25.9. The zero-order chi connectivity index (χ0) is 30.9. The van der Waals surface area contributed by atoms with Crippen LogP contribution < -0.4 is 0 Å². The fourth-order valence-corrected chi connectivity index (χ4v) is 7.82. The number of aromatic nitrogens is 3. The van der Waals surface area contributed by atoms with Crippen LogP contribution in [0.1, 0.15) is 24.2 Å². The van der Waals surface area contributed by atoms with Gasteiger partial charge < -0.3 is 8.98 Å². The van der Waals surface area contributed by atoms with E-state index < -0.39 is 0 Å². The van der Waals surface area contributed by atoms with E-state index in [9.17, 15) is 0 Å². The molecule has 47 heavy (non-hydrogen) atoms. The molecule has 0 unspecified atom stereocenters. The molecule has 4 nitrogen and oxygen atoms in total. The monoisotopic (exact) mass is 605 g/mol. The molecule has 9 aromatic rings. The summed E-state index contributed by atoms with van der Waals surface area (Å²) in [5, 5.41) is 4.76. The molecule has 0 atom stereocenters. The molecule has 6 aromatic carbocycles. The van der Waals surface area contributed by atoms with Crippen molar-refractivity contribution in [3.63, 3.8) is 0 Å². The number of hydrogen-bond acceptors (Lipinski definition) is 2. The Balaban J connectivity index is 1.36. The summed E-state index contributed by atoms with van der Waals surface area (Å²) in [6.45, 7) is 0. The number of imidazole rings is 1. The van der Waals surface area contributed by atoms with Crippen molar-refractivity contribution in [1.29, 1.82) is 0 Å². The van der Waals surface area contributed by atoms with Crippen LogP contribution in [0.3, 0.4) is 0 Å². The molecule has 1 aliphatic rings. The summed E-state index contributed by atoms with van der Waals surface area (Å²) in [5.74, 6) is 1.00. The molecule has 0 bridgehead atoms. The topological polar surface area (TPSA) is 35.9 Å². The third-order valence-corrected chi connectivity index (χ3v) is 9.91. The van der Waals surface area contributed by atoms with E-state index in [-0.39, 0.29) is 0 Å². The SMILES string of the molecule is c1ccc(-c2nc3c(n2-c2c(-c4ccc5oc6ccccc6c5c4)cccc2-n2c4ccccc4c4ccccc42)CCCC3)cc1. The first-order valence-electron chi connectivity index (χ1n) is 16.5. The summed E-state index contributed by atoms with van der Waals surface area (Å²) in [7, 11) is 0. The Bertz CT molecular complexity index is 2580. The molecule has 10 rings (SSSR count). The van der Waals surface area contributed by atoms with Crippen molar-refractivity contribution in [2.45, 2.75) is 25.7 Å². The largest absolute Gasteiger partial charge is 0.456 e. The first kappa shape index (κ1) is 26.4. The van der Waals surface area contributed by atoms with Crippen LogP contribution in [0.2, 0.25) is 0 Å². The standard InChI is InChI=1S/C43H31N3O/c1-2-13-28(14-3-1)43-44-35-19-7-10-22-38(35)46(43)42-30(29-25-26-41-34(27-29)33-17-6-11-24-40(33)47-41)18-12-23-39(42)45-36-20-8-4-15-31(36)32-16-5-9-21-37(32)45/h1-6,8-9,11-18,20-21,23-27H,7,10,19,22H2. The molecule has 224 valence electrons. The third-order valence-electron chi connectivity index (χ3n) is 9.91. The van der Waals surface area contributed by atoms with E-state index in [1.165, 1.54) is 45.2 Å². The number of fused-ring (bicyclic) bond motifs is 7. The fourth-order valence-electron chi connectivity index (χ4n) is 7.82. The molecule has 0 saturated heterocycles. The predicted octanol–water partition coefficient (Wildman–Crippen LogP) is 11.1.